The molecule has 1 saturated heterocycles. The van der Waals surface area contributed by atoms with Crippen LogP contribution in [-0.4, -0.2) is 47.8 Å². The molecule has 4 nitrogen and oxygen atoms in total. The van der Waals surface area contributed by atoms with Crippen LogP contribution in [0.15, 0.2) is 24.3 Å². The third-order valence-corrected chi connectivity index (χ3v) is 4.15. The molecule has 0 aliphatic carbocycles. The summed E-state index contributed by atoms with van der Waals surface area (Å²) in [5.74, 6) is 0.273. The Labute approximate surface area is 143 Å². The molecule has 0 radical (unpaired) electrons. The molecule has 23 heavy (non-hydrogen) atoms. The van der Waals surface area contributed by atoms with Gasteiger partial charge in [-0.3, -0.25) is 9.59 Å². The zero-order chi connectivity index (χ0) is 17.0. The Morgan fingerprint density at radius 3 is 2.13 bits per heavy atom. The normalized spacial score (nSPS) is 15.7. The largest absolute Gasteiger partial charge is 0.339 e. The van der Waals surface area contributed by atoms with Crippen LogP contribution in [0.4, 0.5) is 0 Å². The van der Waals surface area contributed by atoms with Crippen molar-refractivity contribution < 1.29 is 9.59 Å². The average Bonchev–Trinajstić information content (AvgIpc) is 2.45. The number of piperazine rings is 1. The molecule has 2 rings (SSSR count). The molecule has 0 aromatic heterocycles. The molecule has 0 atom stereocenters. The number of halogens is 1. The van der Waals surface area contributed by atoms with Crippen LogP contribution < -0.4 is 0 Å². The van der Waals surface area contributed by atoms with Gasteiger partial charge in [0, 0.05) is 37.6 Å². The van der Waals surface area contributed by atoms with Crippen LogP contribution in [0.5, 0.6) is 0 Å². The van der Waals surface area contributed by atoms with Gasteiger partial charge in [0.2, 0.25) is 11.8 Å². The summed E-state index contributed by atoms with van der Waals surface area (Å²) in [5, 5.41) is 0.646. The molecule has 0 spiro atoms. The third kappa shape index (κ3) is 5.54. The highest BCUT2D eigenvalue weighted by Gasteiger charge is 2.26. The number of amides is 2. The van der Waals surface area contributed by atoms with E-state index in [1.807, 2.05) is 28.0 Å². The van der Waals surface area contributed by atoms with Crippen LogP contribution in [0.2, 0.25) is 5.02 Å². The summed E-state index contributed by atoms with van der Waals surface area (Å²) in [6.45, 7) is 8.65. The number of hydrogen-bond donors (Lipinski definition) is 0. The van der Waals surface area contributed by atoms with Crippen molar-refractivity contribution in [2.24, 2.45) is 5.41 Å². The minimum atomic E-state index is -0.00336. The molecule has 126 valence electrons. The molecule has 1 aromatic rings. The van der Waals surface area contributed by atoms with E-state index >= 15 is 0 Å². The highest BCUT2D eigenvalue weighted by atomic mass is 35.5. The molecule has 1 heterocycles. The third-order valence-electron chi connectivity index (χ3n) is 3.91. The number of nitrogens with zero attached hydrogens (tertiary/aromatic N) is 2. The van der Waals surface area contributed by atoms with E-state index < -0.39 is 0 Å². The first-order valence-corrected chi connectivity index (χ1v) is 8.42. The van der Waals surface area contributed by atoms with Crippen molar-refractivity contribution in [3.05, 3.63) is 34.9 Å². The maximum absolute atomic E-state index is 12.4. The van der Waals surface area contributed by atoms with E-state index in [1.165, 1.54) is 0 Å². The van der Waals surface area contributed by atoms with Crippen molar-refractivity contribution in [3.8, 4) is 0 Å². The lowest BCUT2D eigenvalue weighted by molar-refractivity contribution is -0.140. The lowest BCUT2D eigenvalue weighted by Crippen LogP contribution is -2.51. The second-order valence-corrected chi connectivity index (χ2v) is 7.74. The molecule has 1 aliphatic rings. The first-order valence-electron chi connectivity index (χ1n) is 8.04. The SMILES string of the molecule is CC(C)(C)CC(=O)N1CCN(C(=O)Cc2cccc(Cl)c2)CC1. The van der Waals surface area contributed by atoms with Gasteiger partial charge in [-0.25, -0.2) is 0 Å². The first-order chi connectivity index (χ1) is 10.7. The van der Waals surface area contributed by atoms with E-state index in [9.17, 15) is 9.59 Å². The average molecular weight is 337 g/mol. The monoisotopic (exact) mass is 336 g/mol. The lowest BCUT2D eigenvalue weighted by Gasteiger charge is -2.36. The smallest absolute Gasteiger partial charge is 0.227 e. The van der Waals surface area contributed by atoms with Crippen LogP contribution >= 0.6 is 11.6 Å². The van der Waals surface area contributed by atoms with Gasteiger partial charge in [-0.1, -0.05) is 44.5 Å². The molecule has 0 bridgehead atoms. The van der Waals surface area contributed by atoms with E-state index in [-0.39, 0.29) is 17.2 Å². The Hall–Kier alpha value is -1.55. The lowest BCUT2D eigenvalue weighted by atomic mass is 9.91. The fourth-order valence-corrected chi connectivity index (χ4v) is 2.92. The number of carbonyl (C=O) groups excluding carboxylic acids is 2. The molecule has 1 fully saturated rings. The summed E-state index contributed by atoms with van der Waals surface area (Å²) in [7, 11) is 0. The number of rotatable bonds is 3. The molecule has 0 saturated carbocycles. The maximum Gasteiger partial charge on any atom is 0.227 e. The van der Waals surface area contributed by atoms with Gasteiger partial charge in [0.15, 0.2) is 0 Å². The van der Waals surface area contributed by atoms with Gasteiger partial charge in [-0.2, -0.15) is 0 Å². The van der Waals surface area contributed by atoms with Crippen LogP contribution in [0.3, 0.4) is 0 Å². The molecule has 0 unspecified atom stereocenters. The van der Waals surface area contributed by atoms with Gasteiger partial charge in [-0.05, 0) is 23.1 Å². The molecule has 1 aliphatic heterocycles. The van der Waals surface area contributed by atoms with E-state index in [0.717, 1.165) is 5.56 Å². The summed E-state index contributed by atoms with van der Waals surface area (Å²) < 4.78 is 0. The molecule has 5 heteroatoms. The van der Waals surface area contributed by atoms with Crippen molar-refractivity contribution in [3.63, 3.8) is 0 Å². The van der Waals surface area contributed by atoms with E-state index in [2.05, 4.69) is 20.8 Å². The maximum atomic E-state index is 12.4. The number of carbonyl (C=O) groups is 2. The van der Waals surface area contributed by atoms with Gasteiger partial charge in [0.1, 0.15) is 0 Å². The summed E-state index contributed by atoms with van der Waals surface area (Å²) in [6, 6.07) is 7.39. The van der Waals surface area contributed by atoms with Gasteiger partial charge < -0.3 is 9.80 Å². The second-order valence-electron chi connectivity index (χ2n) is 7.31. The van der Waals surface area contributed by atoms with E-state index in [4.69, 9.17) is 11.6 Å². The van der Waals surface area contributed by atoms with Crippen LogP contribution in [0.25, 0.3) is 0 Å². The summed E-state index contributed by atoms with van der Waals surface area (Å²) in [4.78, 5) is 28.3. The summed E-state index contributed by atoms with van der Waals surface area (Å²) in [5.41, 5.74) is 0.921. The van der Waals surface area contributed by atoms with Gasteiger partial charge in [0.25, 0.3) is 0 Å². The van der Waals surface area contributed by atoms with Crippen molar-refractivity contribution in [1.29, 1.82) is 0 Å². The minimum Gasteiger partial charge on any atom is -0.339 e. The van der Waals surface area contributed by atoms with Gasteiger partial charge in [-0.15, -0.1) is 0 Å². The predicted octanol–water partition coefficient (Wildman–Crippen LogP) is 2.99. The fraction of sp³-hybridized carbons (Fsp3) is 0.556. The molecular formula is C18H25ClN2O2. The summed E-state index contributed by atoms with van der Waals surface area (Å²) >= 11 is 5.95. The van der Waals surface area contributed by atoms with Crippen molar-refractivity contribution in [2.75, 3.05) is 26.2 Å². The van der Waals surface area contributed by atoms with Crippen LogP contribution in [0.1, 0.15) is 32.8 Å². The highest BCUT2D eigenvalue weighted by molar-refractivity contribution is 6.30. The van der Waals surface area contributed by atoms with Gasteiger partial charge >= 0.3 is 0 Å². The summed E-state index contributed by atoms with van der Waals surface area (Å²) in [6.07, 6.45) is 0.903. The topological polar surface area (TPSA) is 40.6 Å². The van der Waals surface area contributed by atoms with Crippen molar-refractivity contribution in [1.82, 2.24) is 9.80 Å². The van der Waals surface area contributed by atoms with E-state index in [1.54, 1.807) is 6.07 Å². The van der Waals surface area contributed by atoms with Crippen LogP contribution in [0, 0.1) is 5.41 Å². The Morgan fingerprint density at radius 2 is 1.61 bits per heavy atom. The first kappa shape index (κ1) is 17.8. The second kappa shape index (κ2) is 7.35. The Morgan fingerprint density at radius 1 is 1.04 bits per heavy atom. The van der Waals surface area contributed by atoms with Crippen LogP contribution in [-0.2, 0) is 16.0 Å². The fourth-order valence-electron chi connectivity index (χ4n) is 2.70. The standard InChI is InChI=1S/C18H25ClN2O2/c1-18(2,3)13-17(23)21-9-7-20(8-10-21)16(22)12-14-5-4-6-15(19)11-14/h4-6,11H,7-10,12-13H2,1-3H3. The number of benzene rings is 1. The quantitative estimate of drug-likeness (QED) is 0.851. The zero-order valence-corrected chi connectivity index (χ0v) is 14.9. The molecule has 1 aromatic carbocycles. The highest BCUT2D eigenvalue weighted by Crippen LogP contribution is 2.20. The molecular weight excluding hydrogens is 312 g/mol. The predicted molar refractivity (Wildman–Crippen MR) is 92.4 cm³/mol. The Kier molecular flexibility index (Phi) is 5.69. The van der Waals surface area contributed by atoms with Crippen molar-refractivity contribution >= 4 is 23.4 Å². The minimum absolute atomic E-state index is 0.00336. The molecule has 2 amide bonds. The van der Waals surface area contributed by atoms with E-state index in [0.29, 0.717) is 44.0 Å². The Bertz CT molecular complexity index is 573. The zero-order valence-electron chi connectivity index (χ0n) is 14.1. The Balaban J connectivity index is 1.84. The molecule has 0 N–H and O–H groups in total. The van der Waals surface area contributed by atoms with Gasteiger partial charge in [0.05, 0.1) is 6.42 Å². The number of hydrogen-bond acceptors (Lipinski definition) is 2. The van der Waals surface area contributed by atoms with Crippen molar-refractivity contribution in [2.45, 2.75) is 33.6 Å².